The molecular formula is C25H23N3. The lowest BCUT2D eigenvalue weighted by Crippen LogP contribution is -2.12. The number of fused-ring (bicyclic) bond motifs is 3. The first-order valence-corrected chi connectivity index (χ1v) is 10.0. The van der Waals surface area contributed by atoms with E-state index in [0.717, 1.165) is 37.2 Å². The summed E-state index contributed by atoms with van der Waals surface area (Å²) >= 11 is 0. The van der Waals surface area contributed by atoms with Gasteiger partial charge >= 0.3 is 0 Å². The molecule has 0 atom stereocenters. The minimum atomic E-state index is 0.890. The van der Waals surface area contributed by atoms with Gasteiger partial charge in [-0.05, 0) is 55.2 Å². The number of benzene rings is 2. The zero-order valence-corrected chi connectivity index (χ0v) is 16.1. The van der Waals surface area contributed by atoms with Gasteiger partial charge in [0.25, 0.3) is 0 Å². The van der Waals surface area contributed by atoms with Gasteiger partial charge in [-0.25, -0.2) is 0 Å². The number of hydrogen-bond acceptors (Lipinski definition) is 2. The Morgan fingerprint density at radius 2 is 1.89 bits per heavy atom. The molecule has 0 spiro atoms. The van der Waals surface area contributed by atoms with Crippen molar-refractivity contribution in [3.8, 4) is 0 Å². The number of aryl methyl sites for hydroxylation is 1. The molecule has 1 aliphatic rings. The molecule has 0 saturated carbocycles. The Hall–Kier alpha value is -3.20. The summed E-state index contributed by atoms with van der Waals surface area (Å²) in [5.74, 6) is 0. The molecule has 3 nitrogen and oxygen atoms in total. The number of nitrogens with zero attached hydrogens (tertiary/aromatic N) is 3. The maximum atomic E-state index is 4.84. The lowest BCUT2D eigenvalue weighted by molar-refractivity contribution is 0.817. The van der Waals surface area contributed by atoms with Gasteiger partial charge < -0.3 is 4.57 Å². The summed E-state index contributed by atoms with van der Waals surface area (Å²) in [6, 6.07) is 19.4. The van der Waals surface area contributed by atoms with E-state index in [0.29, 0.717) is 0 Å². The van der Waals surface area contributed by atoms with Crippen LogP contribution in [-0.4, -0.2) is 21.8 Å². The van der Waals surface area contributed by atoms with Crippen molar-refractivity contribution in [2.45, 2.75) is 26.3 Å². The summed E-state index contributed by atoms with van der Waals surface area (Å²) in [6.07, 6.45) is 8.23. The Kier molecular flexibility index (Phi) is 4.28. The average Bonchev–Trinajstić information content (AvgIpc) is 3.09. The van der Waals surface area contributed by atoms with Crippen LogP contribution in [0, 0.1) is 0 Å². The highest BCUT2D eigenvalue weighted by atomic mass is 15.0. The van der Waals surface area contributed by atoms with E-state index in [-0.39, 0.29) is 0 Å². The normalized spacial score (nSPS) is 16.0. The molecule has 0 unspecified atom stereocenters. The first kappa shape index (κ1) is 16.9. The minimum Gasteiger partial charge on any atom is -0.340 e. The molecule has 138 valence electrons. The fourth-order valence-corrected chi connectivity index (χ4v) is 4.37. The van der Waals surface area contributed by atoms with E-state index in [4.69, 9.17) is 4.99 Å². The van der Waals surface area contributed by atoms with E-state index >= 15 is 0 Å². The average molecular weight is 365 g/mol. The minimum absolute atomic E-state index is 0.890. The molecule has 0 saturated heterocycles. The van der Waals surface area contributed by atoms with Gasteiger partial charge in [0.05, 0.1) is 11.2 Å². The second-order valence-electron chi connectivity index (χ2n) is 7.25. The Morgan fingerprint density at radius 3 is 2.75 bits per heavy atom. The van der Waals surface area contributed by atoms with E-state index in [1.165, 1.54) is 32.9 Å². The first-order valence-electron chi connectivity index (χ1n) is 10.0. The molecule has 0 amide bonds. The second kappa shape index (κ2) is 7.08. The van der Waals surface area contributed by atoms with Crippen LogP contribution in [0.2, 0.25) is 0 Å². The standard InChI is InChI=1S/C25H23N3/c1-2-28-23-13-4-3-11-21(23)22-12-5-8-19(25(22)28)16-18-9-7-15-27-24(18)20-10-6-14-26-17-20/h3-6,8,10-14,16-17H,2,7,9,15H2,1H3. The summed E-state index contributed by atoms with van der Waals surface area (Å²) in [6.45, 7) is 4.06. The third-order valence-corrected chi connectivity index (χ3v) is 5.58. The van der Waals surface area contributed by atoms with Gasteiger partial charge in [-0.3, -0.25) is 9.98 Å². The maximum Gasteiger partial charge on any atom is 0.0694 e. The largest absolute Gasteiger partial charge is 0.340 e. The van der Waals surface area contributed by atoms with Crippen molar-refractivity contribution in [2.75, 3.05) is 6.54 Å². The van der Waals surface area contributed by atoms with Gasteiger partial charge in [0.1, 0.15) is 0 Å². The lowest BCUT2D eigenvalue weighted by atomic mass is 9.94. The van der Waals surface area contributed by atoms with Crippen molar-refractivity contribution in [1.29, 1.82) is 0 Å². The van der Waals surface area contributed by atoms with Gasteiger partial charge in [0.15, 0.2) is 0 Å². The fraction of sp³-hybridized carbons (Fsp3) is 0.200. The third kappa shape index (κ3) is 2.75. The van der Waals surface area contributed by atoms with Crippen molar-refractivity contribution >= 4 is 33.6 Å². The van der Waals surface area contributed by atoms with Crippen molar-refractivity contribution in [1.82, 2.24) is 9.55 Å². The molecule has 0 aliphatic carbocycles. The van der Waals surface area contributed by atoms with Crippen LogP contribution >= 0.6 is 0 Å². The number of rotatable bonds is 3. The third-order valence-electron chi connectivity index (χ3n) is 5.58. The smallest absolute Gasteiger partial charge is 0.0694 e. The van der Waals surface area contributed by atoms with E-state index in [9.17, 15) is 0 Å². The topological polar surface area (TPSA) is 30.2 Å². The number of allylic oxidation sites excluding steroid dienone is 1. The van der Waals surface area contributed by atoms with Crippen molar-refractivity contribution in [3.05, 3.63) is 83.7 Å². The number of aliphatic imine (C=N–C) groups is 1. The van der Waals surface area contributed by atoms with Gasteiger partial charge in [-0.1, -0.05) is 36.4 Å². The van der Waals surface area contributed by atoms with Crippen LogP contribution in [0.25, 0.3) is 27.9 Å². The predicted molar refractivity (Wildman–Crippen MR) is 118 cm³/mol. The van der Waals surface area contributed by atoms with Crippen molar-refractivity contribution < 1.29 is 0 Å². The van der Waals surface area contributed by atoms with E-state index < -0.39 is 0 Å². The van der Waals surface area contributed by atoms with Gasteiger partial charge in [0.2, 0.25) is 0 Å². The summed E-state index contributed by atoms with van der Waals surface area (Å²) in [4.78, 5) is 9.14. The first-order chi connectivity index (χ1) is 13.9. The summed E-state index contributed by atoms with van der Waals surface area (Å²) in [5, 5.41) is 2.65. The molecule has 3 heteroatoms. The Bertz CT molecular complexity index is 1210. The van der Waals surface area contributed by atoms with Crippen molar-refractivity contribution in [3.63, 3.8) is 0 Å². The zero-order valence-electron chi connectivity index (χ0n) is 16.1. The molecule has 1 aliphatic heterocycles. The Labute approximate surface area is 165 Å². The van der Waals surface area contributed by atoms with Crippen LogP contribution in [0.3, 0.4) is 0 Å². The number of pyridine rings is 1. The Balaban J connectivity index is 1.73. The van der Waals surface area contributed by atoms with E-state index in [1.54, 1.807) is 0 Å². The Morgan fingerprint density at radius 1 is 1.00 bits per heavy atom. The molecule has 3 heterocycles. The monoisotopic (exact) mass is 365 g/mol. The summed E-state index contributed by atoms with van der Waals surface area (Å²) in [5.41, 5.74) is 7.39. The quantitative estimate of drug-likeness (QED) is 0.446. The molecule has 5 rings (SSSR count). The SMILES string of the molecule is CCn1c2ccccc2c2cccc(C=C3CCCN=C3c3cccnc3)c21. The molecule has 0 fully saturated rings. The highest BCUT2D eigenvalue weighted by Crippen LogP contribution is 2.33. The summed E-state index contributed by atoms with van der Waals surface area (Å²) in [7, 11) is 0. The van der Waals surface area contributed by atoms with Crippen LogP contribution in [0.4, 0.5) is 0 Å². The van der Waals surface area contributed by atoms with Crippen LogP contribution < -0.4 is 0 Å². The van der Waals surface area contributed by atoms with Crippen LogP contribution in [0.1, 0.15) is 30.9 Å². The fourth-order valence-electron chi connectivity index (χ4n) is 4.37. The number of aromatic nitrogens is 2. The summed E-state index contributed by atoms with van der Waals surface area (Å²) < 4.78 is 2.43. The van der Waals surface area contributed by atoms with E-state index in [1.807, 2.05) is 18.5 Å². The molecule has 4 aromatic rings. The highest BCUT2D eigenvalue weighted by molar-refractivity contribution is 6.17. The number of hydrogen-bond donors (Lipinski definition) is 0. The highest BCUT2D eigenvalue weighted by Gasteiger charge is 2.16. The molecule has 0 bridgehead atoms. The van der Waals surface area contributed by atoms with E-state index in [2.05, 4.69) is 71.1 Å². The zero-order chi connectivity index (χ0) is 18.9. The predicted octanol–water partition coefficient (Wildman–Crippen LogP) is 5.88. The second-order valence-corrected chi connectivity index (χ2v) is 7.25. The lowest BCUT2D eigenvalue weighted by Gasteiger charge is -2.17. The van der Waals surface area contributed by atoms with Crippen LogP contribution in [0.5, 0.6) is 0 Å². The molecule has 0 radical (unpaired) electrons. The van der Waals surface area contributed by atoms with Gasteiger partial charge in [-0.15, -0.1) is 0 Å². The molecular weight excluding hydrogens is 342 g/mol. The molecule has 2 aromatic heterocycles. The van der Waals surface area contributed by atoms with Crippen LogP contribution in [0.15, 0.2) is 77.6 Å². The van der Waals surface area contributed by atoms with Gasteiger partial charge in [-0.2, -0.15) is 0 Å². The van der Waals surface area contributed by atoms with Gasteiger partial charge in [0, 0.05) is 47.3 Å². The molecule has 2 aromatic carbocycles. The molecule has 28 heavy (non-hydrogen) atoms. The number of para-hydroxylation sites is 2. The van der Waals surface area contributed by atoms with Crippen molar-refractivity contribution in [2.24, 2.45) is 4.99 Å². The maximum absolute atomic E-state index is 4.84. The van der Waals surface area contributed by atoms with Crippen LogP contribution in [-0.2, 0) is 6.54 Å². The molecule has 0 N–H and O–H groups in total.